The van der Waals surface area contributed by atoms with E-state index < -0.39 is 55.4 Å². The van der Waals surface area contributed by atoms with Crippen LogP contribution in [-0.4, -0.2) is 89.0 Å². The maximum Gasteiger partial charge on any atom is 0.330 e. The Balaban J connectivity index is 2.35. The monoisotopic (exact) mass is 835 g/mol. The molecule has 10 heteroatoms. The van der Waals surface area contributed by atoms with E-state index in [0.29, 0.717) is 6.42 Å². The third kappa shape index (κ3) is 31.2. The Kier molecular flexibility index (Phi) is 36.9. The molecule has 2 unspecified atom stereocenters. The third-order valence-electron chi connectivity index (χ3n) is 10.8. The van der Waals surface area contributed by atoms with E-state index in [1.165, 1.54) is 128 Å². The summed E-state index contributed by atoms with van der Waals surface area (Å²) < 4.78 is 22.0. The largest absolute Gasteiger partial charge is 0.458 e. The molecular weight excluding hydrogens is 749 g/mol. The minimum atomic E-state index is -1.61. The summed E-state index contributed by atoms with van der Waals surface area (Å²) in [5.74, 6) is -1.06. The van der Waals surface area contributed by atoms with Crippen molar-refractivity contribution in [3.63, 3.8) is 0 Å². The Morgan fingerprint density at radius 1 is 0.576 bits per heavy atom. The summed E-state index contributed by atoms with van der Waals surface area (Å²) in [5, 5.41) is 40.1. The minimum Gasteiger partial charge on any atom is -0.458 e. The summed E-state index contributed by atoms with van der Waals surface area (Å²) in [4.78, 5) is 25.2. The zero-order valence-corrected chi connectivity index (χ0v) is 37.2. The van der Waals surface area contributed by atoms with Crippen LogP contribution >= 0.6 is 0 Å². The van der Waals surface area contributed by atoms with Gasteiger partial charge in [0.1, 0.15) is 31.0 Å². The maximum absolute atomic E-state index is 12.8. The van der Waals surface area contributed by atoms with Crippen molar-refractivity contribution < 1.29 is 49.0 Å². The van der Waals surface area contributed by atoms with Crippen LogP contribution in [0.2, 0.25) is 0 Å². The average Bonchev–Trinajstić information content (AvgIpc) is 3.23. The number of aliphatic hydroxyl groups excluding tert-OH is 4. The predicted octanol–water partition coefficient (Wildman–Crippen LogP) is 10.4. The molecule has 1 aliphatic heterocycles. The molecule has 1 heterocycles. The smallest absolute Gasteiger partial charge is 0.330 e. The van der Waals surface area contributed by atoms with Crippen molar-refractivity contribution in [2.45, 2.75) is 230 Å². The lowest BCUT2D eigenvalue weighted by Crippen LogP contribution is -2.59. The molecule has 4 N–H and O–H groups in total. The second-order valence-corrected chi connectivity index (χ2v) is 16.3. The van der Waals surface area contributed by atoms with E-state index in [4.69, 9.17) is 18.9 Å². The van der Waals surface area contributed by atoms with E-state index in [1.807, 2.05) is 12.2 Å². The van der Waals surface area contributed by atoms with Gasteiger partial charge in [0.05, 0.1) is 13.2 Å². The van der Waals surface area contributed by atoms with Gasteiger partial charge in [0.2, 0.25) is 0 Å². The summed E-state index contributed by atoms with van der Waals surface area (Å²) >= 11 is 0. The van der Waals surface area contributed by atoms with E-state index in [9.17, 15) is 30.0 Å². The highest BCUT2D eigenvalue weighted by Gasteiger charge is 2.44. The number of rotatable bonds is 39. The molecule has 0 amide bonds. The van der Waals surface area contributed by atoms with Crippen LogP contribution in [0.15, 0.2) is 48.6 Å². The molecular formula is C49H86O10. The summed E-state index contributed by atoms with van der Waals surface area (Å²) in [6.07, 6.45) is 40.3. The predicted molar refractivity (Wildman–Crippen MR) is 238 cm³/mol. The minimum absolute atomic E-state index is 0.205. The standard InChI is InChI=1S/C49H86O10/c1-3-5-7-9-11-13-15-17-19-20-21-22-24-26-28-30-32-34-36-38-45(52)58-42(41-57-49-48(55)47(54)46(53)43(39-50)59-49)40-56-44(51)37-35-33-31-29-27-25-23-18-16-14-12-10-8-6-4-2/h11,13,17,19,31,33,35,37,42-43,46-50,53-55H,3-10,12,14-16,18,20-30,32,34,36,38-41H2,1-2H3/b13-11+,19-17+,33-31+,37-35+/t42-,43-,46+,47?,48?,49-/m1/s1. The van der Waals surface area contributed by atoms with Crippen molar-refractivity contribution in [2.24, 2.45) is 0 Å². The lowest BCUT2D eigenvalue weighted by molar-refractivity contribution is -0.305. The summed E-state index contributed by atoms with van der Waals surface area (Å²) in [7, 11) is 0. The van der Waals surface area contributed by atoms with Crippen molar-refractivity contribution in [3.05, 3.63) is 48.6 Å². The van der Waals surface area contributed by atoms with Crippen molar-refractivity contribution in [3.8, 4) is 0 Å². The quantitative estimate of drug-likeness (QED) is 0.0155. The van der Waals surface area contributed by atoms with Crippen LogP contribution in [0.25, 0.3) is 0 Å². The zero-order chi connectivity index (χ0) is 43.0. The SMILES string of the molecule is CCCCC/C=C/C/C=C/CCCCCCCCCCCC(=O)O[C@H](COC(=O)/C=C/C=C/CCCCCCCCCCCCC)CO[C@@H]1O[C@H](CO)[C@H](O)C(O)C1O. The van der Waals surface area contributed by atoms with Crippen LogP contribution in [0.1, 0.15) is 194 Å². The molecule has 1 fully saturated rings. The number of hydrogen-bond acceptors (Lipinski definition) is 10. The fourth-order valence-electron chi connectivity index (χ4n) is 7.01. The van der Waals surface area contributed by atoms with E-state index in [2.05, 4.69) is 38.2 Å². The average molecular weight is 835 g/mol. The van der Waals surface area contributed by atoms with Crippen molar-refractivity contribution in [2.75, 3.05) is 19.8 Å². The second kappa shape index (κ2) is 39.8. The first-order chi connectivity index (χ1) is 28.8. The molecule has 342 valence electrons. The van der Waals surface area contributed by atoms with Gasteiger partial charge in [-0.3, -0.25) is 4.79 Å². The number of esters is 2. The van der Waals surface area contributed by atoms with Crippen LogP contribution < -0.4 is 0 Å². The van der Waals surface area contributed by atoms with Crippen molar-refractivity contribution in [1.29, 1.82) is 0 Å². The first kappa shape index (κ1) is 54.7. The maximum atomic E-state index is 12.8. The molecule has 0 bridgehead atoms. The summed E-state index contributed by atoms with van der Waals surface area (Å²) in [6.45, 7) is 3.28. The lowest BCUT2D eigenvalue weighted by Gasteiger charge is -2.39. The number of hydrogen-bond donors (Lipinski definition) is 4. The Morgan fingerprint density at radius 2 is 1.07 bits per heavy atom. The third-order valence-corrected chi connectivity index (χ3v) is 10.8. The molecule has 0 aromatic heterocycles. The topological polar surface area (TPSA) is 152 Å². The molecule has 1 aliphatic rings. The highest BCUT2D eigenvalue weighted by atomic mass is 16.7. The van der Waals surface area contributed by atoms with Gasteiger partial charge in [-0.1, -0.05) is 178 Å². The van der Waals surface area contributed by atoms with Crippen LogP contribution in [0.3, 0.4) is 0 Å². The van der Waals surface area contributed by atoms with E-state index >= 15 is 0 Å². The Morgan fingerprint density at radius 3 is 1.63 bits per heavy atom. The van der Waals surface area contributed by atoms with E-state index in [0.717, 1.165) is 44.9 Å². The molecule has 0 aliphatic carbocycles. The molecule has 0 spiro atoms. The number of allylic oxidation sites excluding steroid dienone is 7. The number of carbonyl (C=O) groups is 2. The second-order valence-electron chi connectivity index (χ2n) is 16.3. The first-order valence-corrected chi connectivity index (χ1v) is 23.7. The highest BCUT2D eigenvalue weighted by molar-refractivity contribution is 5.82. The van der Waals surface area contributed by atoms with Gasteiger partial charge in [-0.2, -0.15) is 0 Å². The van der Waals surface area contributed by atoms with E-state index in [-0.39, 0.29) is 19.6 Å². The van der Waals surface area contributed by atoms with Crippen molar-refractivity contribution >= 4 is 11.9 Å². The van der Waals surface area contributed by atoms with Gasteiger partial charge in [0.15, 0.2) is 12.4 Å². The summed E-state index contributed by atoms with van der Waals surface area (Å²) in [6, 6.07) is 0. The fourth-order valence-corrected chi connectivity index (χ4v) is 7.01. The summed E-state index contributed by atoms with van der Waals surface area (Å²) in [5.41, 5.74) is 0. The molecule has 0 aromatic carbocycles. The lowest BCUT2D eigenvalue weighted by atomic mass is 9.99. The van der Waals surface area contributed by atoms with Crippen LogP contribution in [0.5, 0.6) is 0 Å². The molecule has 0 radical (unpaired) electrons. The Hall–Kier alpha value is -2.34. The Labute approximate surface area is 358 Å². The highest BCUT2D eigenvalue weighted by Crippen LogP contribution is 2.22. The molecule has 0 aromatic rings. The number of unbranched alkanes of at least 4 members (excludes halogenated alkanes) is 23. The molecule has 10 nitrogen and oxygen atoms in total. The molecule has 1 saturated heterocycles. The fraction of sp³-hybridized carbons (Fsp3) is 0.796. The van der Waals surface area contributed by atoms with Crippen molar-refractivity contribution in [1.82, 2.24) is 0 Å². The van der Waals surface area contributed by atoms with Gasteiger partial charge >= 0.3 is 11.9 Å². The van der Waals surface area contributed by atoms with Gasteiger partial charge in [-0.15, -0.1) is 0 Å². The van der Waals surface area contributed by atoms with Crippen LogP contribution in [-0.2, 0) is 28.5 Å². The van der Waals surface area contributed by atoms with Gasteiger partial charge in [-0.25, -0.2) is 4.79 Å². The van der Waals surface area contributed by atoms with Gasteiger partial charge in [0.25, 0.3) is 0 Å². The zero-order valence-electron chi connectivity index (χ0n) is 37.2. The van der Waals surface area contributed by atoms with Crippen LogP contribution in [0.4, 0.5) is 0 Å². The molecule has 6 atom stereocenters. The number of carbonyl (C=O) groups excluding carboxylic acids is 2. The van der Waals surface area contributed by atoms with Gasteiger partial charge in [0, 0.05) is 12.5 Å². The number of aliphatic hydroxyl groups is 4. The Bertz CT molecular complexity index is 1100. The molecule has 59 heavy (non-hydrogen) atoms. The number of ether oxygens (including phenoxy) is 4. The van der Waals surface area contributed by atoms with Crippen LogP contribution in [0, 0.1) is 0 Å². The van der Waals surface area contributed by atoms with Gasteiger partial charge < -0.3 is 39.4 Å². The molecule has 0 saturated carbocycles. The normalized spacial score (nSPS) is 20.4. The molecule has 1 rings (SSSR count). The van der Waals surface area contributed by atoms with E-state index in [1.54, 1.807) is 6.08 Å². The van der Waals surface area contributed by atoms with Gasteiger partial charge in [-0.05, 0) is 51.4 Å². The first-order valence-electron chi connectivity index (χ1n) is 23.7.